The highest BCUT2D eigenvalue weighted by Gasteiger charge is 2.38. The van der Waals surface area contributed by atoms with E-state index in [-0.39, 0.29) is 0 Å². The lowest BCUT2D eigenvalue weighted by molar-refractivity contribution is 0.102. The van der Waals surface area contributed by atoms with Crippen molar-refractivity contribution in [2.45, 2.75) is 63.5 Å². The molecular formula is C14H25NO. The third-order valence-electron chi connectivity index (χ3n) is 4.87. The van der Waals surface area contributed by atoms with Crippen LogP contribution < -0.4 is 5.32 Å². The predicted molar refractivity (Wildman–Crippen MR) is 65.4 cm³/mol. The van der Waals surface area contributed by atoms with Gasteiger partial charge in [0.05, 0.1) is 6.10 Å². The summed E-state index contributed by atoms with van der Waals surface area (Å²) in [6.45, 7) is 2.22. The minimum Gasteiger partial charge on any atom is -0.378 e. The van der Waals surface area contributed by atoms with E-state index in [1.54, 1.807) is 0 Å². The number of nitrogens with one attached hydrogen (secondary N) is 1. The van der Waals surface area contributed by atoms with Gasteiger partial charge >= 0.3 is 0 Å². The molecule has 1 heterocycles. The molecule has 2 bridgehead atoms. The molecule has 0 aromatic carbocycles. The SMILES string of the molecule is C(CNC1CC2CCC1C2)CC1CCCO1. The molecule has 0 amide bonds. The second-order valence-corrected chi connectivity index (χ2v) is 6.01. The molecule has 3 aliphatic rings. The molecule has 1 saturated heterocycles. The van der Waals surface area contributed by atoms with E-state index in [0.717, 1.165) is 24.5 Å². The summed E-state index contributed by atoms with van der Waals surface area (Å²) in [5.74, 6) is 2.09. The van der Waals surface area contributed by atoms with Crippen molar-refractivity contribution in [1.82, 2.24) is 5.32 Å². The second-order valence-electron chi connectivity index (χ2n) is 6.01. The van der Waals surface area contributed by atoms with Crippen LogP contribution in [0.25, 0.3) is 0 Å². The summed E-state index contributed by atoms with van der Waals surface area (Å²) in [5, 5.41) is 3.78. The van der Waals surface area contributed by atoms with E-state index >= 15 is 0 Å². The number of ether oxygens (including phenoxy) is 1. The molecule has 0 aromatic rings. The van der Waals surface area contributed by atoms with Gasteiger partial charge in [-0.1, -0.05) is 6.42 Å². The maximum atomic E-state index is 5.65. The first-order valence-electron chi connectivity index (χ1n) is 7.27. The molecule has 0 radical (unpaired) electrons. The first-order chi connectivity index (χ1) is 7.92. The Morgan fingerprint density at radius 3 is 2.81 bits per heavy atom. The largest absolute Gasteiger partial charge is 0.378 e. The molecule has 0 aromatic heterocycles. The van der Waals surface area contributed by atoms with Crippen LogP contribution in [0, 0.1) is 11.8 Å². The van der Waals surface area contributed by atoms with Gasteiger partial charge in [-0.25, -0.2) is 0 Å². The summed E-state index contributed by atoms with van der Waals surface area (Å²) in [4.78, 5) is 0. The maximum absolute atomic E-state index is 5.65. The van der Waals surface area contributed by atoms with Crippen LogP contribution in [-0.2, 0) is 4.74 Å². The Labute approximate surface area is 99.1 Å². The van der Waals surface area contributed by atoms with Crippen molar-refractivity contribution in [1.29, 1.82) is 0 Å². The molecule has 3 rings (SSSR count). The fourth-order valence-electron chi connectivity index (χ4n) is 3.98. The average molecular weight is 223 g/mol. The summed E-state index contributed by atoms with van der Waals surface area (Å²) >= 11 is 0. The third kappa shape index (κ3) is 2.43. The van der Waals surface area contributed by atoms with Gasteiger partial charge < -0.3 is 10.1 Å². The zero-order valence-electron chi connectivity index (χ0n) is 10.3. The van der Waals surface area contributed by atoms with Gasteiger partial charge in [-0.05, 0) is 63.3 Å². The van der Waals surface area contributed by atoms with E-state index in [0.29, 0.717) is 6.10 Å². The van der Waals surface area contributed by atoms with Crippen LogP contribution in [0.15, 0.2) is 0 Å². The first kappa shape index (κ1) is 11.0. The van der Waals surface area contributed by atoms with E-state index in [2.05, 4.69) is 5.32 Å². The molecule has 16 heavy (non-hydrogen) atoms. The number of hydrogen-bond acceptors (Lipinski definition) is 2. The van der Waals surface area contributed by atoms with Crippen LogP contribution in [0.4, 0.5) is 0 Å². The lowest BCUT2D eigenvalue weighted by atomic mass is 9.95. The summed E-state index contributed by atoms with van der Waals surface area (Å²) in [6, 6.07) is 0.864. The first-order valence-corrected chi connectivity index (χ1v) is 7.27. The van der Waals surface area contributed by atoms with Crippen LogP contribution in [0.2, 0.25) is 0 Å². The zero-order valence-corrected chi connectivity index (χ0v) is 10.3. The van der Waals surface area contributed by atoms with Crippen LogP contribution in [0.1, 0.15) is 51.4 Å². The van der Waals surface area contributed by atoms with Crippen molar-refractivity contribution in [3.63, 3.8) is 0 Å². The van der Waals surface area contributed by atoms with Gasteiger partial charge in [0.2, 0.25) is 0 Å². The second kappa shape index (κ2) is 5.05. The monoisotopic (exact) mass is 223 g/mol. The fraction of sp³-hybridized carbons (Fsp3) is 1.00. The molecule has 4 unspecified atom stereocenters. The van der Waals surface area contributed by atoms with E-state index in [1.165, 1.54) is 57.9 Å². The van der Waals surface area contributed by atoms with E-state index in [1.807, 2.05) is 0 Å². The third-order valence-corrected chi connectivity index (χ3v) is 4.87. The van der Waals surface area contributed by atoms with Gasteiger partial charge in [0, 0.05) is 12.6 Å². The van der Waals surface area contributed by atoms with Crippen molar-refractivity contribution in [2.75, 3.05) is 13.2 Å². The number of rotatable bonds is 5. The Morgan fingerprint density at radius 2 is 2.12 bits per heavy atom. The molecule has 1 aliphatic heterocycles. The van der Waals surface area contributed by atoms with Gasteiger partial charge in [0.25, 0.3) is 0 Å². The van der Waals surface area contributed by atoms with Crippen LogP contribution in [-0.4, -0.2) is 25.3 Å². The molecule has 4 atom stereocenters. The van der Waals surface area contributed by atoms with E-state index in [4.69, 9.17) is 4.74 Å². The zero-order chi connectivity index (χ0) is 10.8. The quantitative estimate of drug-likeness (QED) is 0.724. The highest BCUT2D eigenvalue weighted by atomic mass is 16.5. The molecule has 0 spiro atoms. The summed E-state index contributed by atoms with van der Waals surface area (Å²) in [6.07, 6.45) is 11.7. The van der Waals surface area contributed by atoms with Gasteiger partial charge in [-0.2, -0.15) is 0 Å². The topological polar surface area (TPSA) is 21.3 Å². The van der Waals surface area contributed by atoms with Gasteiger partial charge in [-0.15, -0.1) is 0 Å². The van der Waals surface area contributed by atoms with Crippen molar-refractivity contribution < 1.29 is 4.74 Å². The molecule has 2 heteroatoms. The lowest BCUT2D eigenvalue weighted by Crippen LogP contribution is -2.34. The average Bonchev–Trinajstić information content (AvgIpc) is 3.01. The molecule has 1 N–H and O–H groups in total. The van der Waals surface area contributed by atoms with Crippen molar-refractivity contribution >= 4 is 0 Å². The minimum absolute atomic E-state index is 0.585. The summed E-state index contributed by atoms with van der Waals surface area (Å²) in [5.41, 5.74) is 0. The Kier molecular flexibility index (Phi) is 3.49. The normalized spacial score (nSPS) is 42.0. The fourth-order valence-corrected chi connectivity index (χ4v) is 3.98. The van der Waals surface area contributed by atoms with Gasteiger partial charge in [0.15, 0.2) is 0 Å². The Bertz CT molecular complexity index is 225. The Balaban J connectivity index is 1.29. The van der Waals surface area contributed by atoms with Crippen LogP contribution in [0.3, 0.4) is 0 Å². The molecule has 92 valence electrons. The standard InChI is InChI=1S/C14H25NO/c1(3-13-4-2-8-16-13)7-15-14-10-11-5-6-12(14)9-11/h11-15H,1-10H2. The van der Waals surface area contributed by atoms with Crippen molar-refractivity contribution in [3.8, 4) is 0 Å². The minimum atomic E-state index is 0.585. The summed E-state index contributed by atoms with van der Waals surface area (Å²) < 4.78 is 5.65. The maximum Gasteiger partial charge on any atom is 0.0576 e. The summed E-state index contributed by atoms with van der Waals surface area (Å²) in [7, 11) is 0. The number of hydrogen-bond donors (Lipinski definition) is 1. The predicted octanol–water partition coefficient (Wildman–Crippen LogP) is 2.72. The smallest absolute Gasteiger partial charge is 0.0576 e. The van der Waals surface area contributed by atoms with Crippen molar-refractivity contribution in [2.24, 2.45) is 11.8 Å². The molecule has 2 aliphatic carbocycles. The molecule has 2 nitrogen and oxygen atoms in total. The molecule has 3 fully saturated rings. The lowest BCUT2D eigenvalue weighted by Gasteiger charge is -2.23. The van der Waals surface area contributed by atoms with Crippen LogP contribution in [0.5, 0.6) is 0 Å². The van der Waals surface area contributed by atoms with Crippen molar-refractivity contribution in [3.05, 3.63) is 0 Å². The highest BCUT2D eigenvalue weighted by molar-refractivity contribution is 4.93. The molecular weight excluding hydrogens is 198 g/mol. The van der Waals surface area contributed by atoms with E-state index < -0.39 is 0 Å². The Hall–Kier alpha value is -0.0800. The van der Waals surface area contributed by atoms with Gasteiger partial charge in [-0.3, -0.25) is 0 Å². The van der Waals surface area contributed by atoms with E-state index in [9.17, 15) is 0 Å². The molecule has 2 saturated carbocycles. The number of fused-ring (bicyclic) bond motifs is 2. The highest BCUT2D eigenvalue weighted by Crippen LogP contribution is 2.44. The van der Waals surface area contributed by atoms with Crippen LogP contribution >= 0.6 is 0 Å². The van der Waals surface area contributed by atoms with Gasteiger partial charge in [0.1, 0.15) is 0 Å². The Morgan fingerprint density at radius 1 is 1.12 bits per heavy atom.